The second-order valence-corrected chi connectivity index (χ2v) is 8.93. The fourth-order valence-corrected chi connectivity index (χ4v) is 4.71. The van der Waals surface area contributed by atoms with Crippen molar-refractivity contribution in [3.8, 4) is 27.8 Å². The number of nitriles is 1. The molecule has 4 aromatic rings. The first-order valence-corrected chi connectivity index (χ1v) is 11.4. The van der Waals surface area contributed by atoms with Gasteiger partial charge in [0.05, 0.1) is 29.1 Å². The summed E-state index contributed by atoms with van der Waals surface area (Å²) in [5.41, 5.74) is -2.36. The molecule has 11 heteroatoms. The number of benzene rings is 2. The van der Waals surface area contributed by atoms with Crippen LogP contribution in [0, 0.1) is 23.0 Å². The van der Waals surface area contributed by atoms with Gasteiger partial charge in [0, 0.05) is 11.6 Å². The molecule has 0 atom stereocenters. The summed E-state index contributed by atoms with van der Waals surface area (Å²) in [7, 11) is 0. The first kappa shape index (κ1) is 25.8. The molecule has 0 saturated heterocycles. The topological polar surface area (TPSA) is 83.1 Å². The first-order chi connectivity index (χ1) is 17.5. The lowest BCUT2D eigenvalue weighted by Gasteiger charge is -2.17. The molecule has 0 amide bonds. The summed E-state index contributed by atoms with van der Waals surface area (Å²) in [5, 5.41) is 19.9. The third kappa shape index (κ3) is 5.44. The third-order valence-corrected chi connectivity index (χ3v) is 6.51. The number of hydrogen-bond donors (Lipinski definition) is 1. The van der Waals surface area contributed by atoms with Crippen LogP contribution in [0.25, 0.3) is 21.7 Å². The maximum absolute atomic E-state index is 14.4. The number of carboxylic acids is 1. The minimum absolute atomic E-state index is 0.154. The zero-order chi connectivity index (χ0) is 26.9. The fourth-order valence-electron chi connectivity index (χ4n) is 3.77. The quantitative estimate of drug-likeness (QED) is 0.306. The summed E-state index contributed by atoms with van der Waals surface area (Å²) in [5.74, 6) is -2.86. The Kier molecular flexibility index (Phi) is 6.96. The highest BCUT2D eigenvalue weighted by atomic mass is 32.1. The predicted octanol–water partition coefficient (Wildman–Crippen LogP) is 6.09. The number of aromatic nitrogens is 1. The van der Waals surface area contributed by atoms with Gasteiger partial charge in [-0.25, -0.2) is 8.78 Å². The highest BCUT2D eigenvalue weighted by Crippen LogP contribution is 2.37. The van der Waals surface area contributed by atoms with E-state index in [1.807, 2.05) is 0 Å². The van der Waals surface area contributed by atoms with Crippen LogP contribution in [0.15, 0.2) is 64.8 Å². The number of alkyl halides is 3. The van der Waals surface area contributed by atoms with Crippen LogP contribution in [0.4, 0.5) is 22.0 Å². The van der Waals surface area contributed by atoms with Gasteiger partial charge in [0.25, 0.3) is 5.56 Å². The normalized spacial score (nSPS) is 11.4. The van der Waals surface area contributed by atoms with Crippen molar-refractivity contribution in [3.63, 3.8) is 0 Å². The van der Waals surface area contributed by atoms with Gasteiger partial charge in [-0.3, -0.25) is 9.59 Å². The highest BCUT2D eigenvalue weighted by molar-refractivity contribution is 7.14. The van der Waals surface area contributed by atoms with Crippen LogP contribution in [-0.2, 0) is 23.9 Å². The molecule has 0 saturated carbocycles. The van der Waals surface area contributed by atoms with Crippen LogP contribution >= 0.6 is 11.3 Å². The molecule has 4 rings (SSSR count). The number of thiophene rings is 1. The van der Waals surface area contributed by atoms with E-state index in [-0.39, 0.29) is 22.6 Å². The zero-order valence-electron chi connectivity index (χ0n) is 18.6. The van der Waals surface area contributed by atoms with E-state index in [4.69, 9.17) is 5.11 Å². The fraction of sp³-hybridized carbons (Fsp3) is 0.115. The number of aliphatic carboxylic acids is 1. The Bertz CT molecular complexity index is 1600. The largest absolute Gasteiger partial charge is 0.481 e. The zero-order valence-corrected chi connectivity index (χ0v) is 19.5. The Morgan fingerprint density at radius 1 is 1.03 bits per heavy atom. The van der Waals surface area contributed by atoms with E-state index in [1.165, 1.54) is 12.1 Å². The number of nitrogens with zero attached hydrogens (tertiary/aromatic N) is 2. The van der Waals surface area contributed by atoms with Gasteiger partial charge in [-0.15, -0.1) is 11.3 Å². The first-order valence-electron chi connectivity index (χ1n) is 10.6. The Balaban J connectivity index is 1.86. The van der Waals surface area contributed by atoms with Gasteiger partial charge >= 0.3 is 12.1 Å². The minimum atomic E-state index is -5.00. The molecule has 37 heavy (non-hydrogen) atoms. The van der Waals surface area contributed by atoms with Crippen LogP contribution in [0.3, 0.4) is 0 Å². The predicted molar refractivity (Wildman–Crippen MR) is 126 cm³/mol. The summed E-state index contributed by atoms with van der Waals surface area (Å²) in [6.07, 6.45) is -5.17. The third-order valence-electron chi connectivity index (χ3n) is 5.56. The summed E-state index contributed by atoms with van der Waals surface area (Å²) < 4.78 is 69.8. The van der Waals surface area contributed by atoms with E-state index >= 15 is 0 Å². The molecule has 0 bridgehead atoms. The number of carbonyl (C=O) groups is 1. The second-order valence-electron chi connectivity index (χ2n) is 8.02. The molecule has 0 radical (unpaired) electrons. The average Bonchev–Trinajstić information content (AvgIpc) is 3.31. The number of carboxylic acid groups (broad SMARTS) is 1. The van der Waals surface area contributed by atoms with Crippen LogP contribution in [-0.4, -0.2) is 15.6 Å². The van der Waals surface area contributed by atoms with Crippen LogP contribution < -0.4 is 5.56 Å². The van der Waals surface area contributed by atoms with Crippen molar-refractivity contribution in [2.24, 2.45) is 0 Å². The molecule has 0 fully saturated rings. The van der Waals surface area contributed by atoms with Crippen LogP contribution in [0.5, 0.6) is 0 Å². The average molecular weight is 530 g/mol. The Morgan fingerprint density at radius 3 is 2.32 bits per heavy atom. The molecule has 1 N–H and O–H groups in total. The van der Waals surface area contributed by atoms with Gasteiger partial charge in [0.2, 0.25) is 0 Å². The van der Waals surface area contributed by atoms with Crippen molar-refractivity contribution >= 4 is 17.3 Å². The van der Waals surface area contributed by atoms with E-state index in [0.717, 1.165) is 28.0 Å². The van der Waals surface area contributed by atoms with Gasteiger partial charge in [-0.2, -0.15) is 18.4 Å². The molecule has 2 aromatic heterocycles. The standard InChI is InChI=1S/C26H15F5N2O3S/c27-18-6-5-16(21(28)9-18)12-33-22(10-20(26(29,30)31)19(11-32)25(33)36)23-8-17(13-37-23)15-3-1-14(2-4-15)7-24(34)35/h1-6,8-10,13H,7,12H2,(H,34,35). The molecule has 5 nitrogen and oxygen atoms in total. The lowest BCUT2D eigenvalue weighted by molar-refractivity contribution is -0.138. The van der Waals surface area contributed by atoms with Crippen molar-refractivity contribution in [3.05, 3.63) is 104 Å². The molecule has 0 aliphatic carbocycles. The Labute approximate surface area is 210 Å². The second kappa shape index (κ2) is 9.99. The van der Waals surface area contributed by atoms with Crippen molar-refractivity contribution < 1.29 is 31.9 Å². The van der Waals surface area contributed by atoms with Crippen molar-refractivity contribution in [2.45, 2.75) is 19.1 Å². The molecule has 0 aliphatic rings. The van der Waals surface area contributed by atoms with Crippen molar-refractivity contribution in [2.75, 3.05) is 0 Å². The Hall–Kier alpha value is -4.30. The van der Waals surface area contributed by atoms with E-state index in [0.29, 0.717) is 28.8 Å². The number of halogens is 5. The molecule has 0 aliphatic heterocycles. The molecule has 2 heterocycles. The molecule has 188 valence electrons. The SMILES string of the molecule is N#Cc1c(C(F)(F)F)cc(-c2cc(-c3ccc(CC(=O)O)cc3)cs2)n(Cc2ccc(F)cc2F)c1=O. The monoisotopic (exact) mass is 530 g/mol. The van der Waals surface area contributed by atoms with Gasteiger partial charge in [-0.1, -0.05) is 30.3 Å². The van der Waals surface area contributed by atoms with E-state index < -0.39 is 47.0 Å². The molecule has 0 unspecified atom stereocenters. The van der Waals surface area contributed by atoms with Crippen LogP contribution in [0.2, 0.25) is 0 Å². The van der Waals surface area contributed by atoms with Gasteiger partial charge in [0.15, 0.2) is 0 Å². The summed E-state index contributed by atoms with van der Waals surface area (Å²) in [4.78, 5) is 24.2. The minimum Gasteiger partial charge on any atom is -0.481 e. The summed E-state index contributed by atoms with van der Waals surface area (Å²) >= 11 is 1.03. The summed E-state index contributed by atoms with van der Waals surface area (Å²) in [6, 6.07) is 12.7. The van der Waals surface area contributed by atoms with Crippen molar-refractivity contribution in [1.29, 1.82) is 5.26 Å². The highest BCUT2D eigenvalue weighted by Gasteiger charge is 2.36. The van der Waals surface area contributed by atoms with E-state index in [9.17, 15) is 36.8 Å². The van der Waals surface area contributed by atoms with E-state index in [2.05, 4.69) is 0 Å². The maximum atomic E-state index is 14.4. The summed E-state index contributed by atoms with van der Waals surface area (Å²) in [6.45, 7) is -0.537. The smallest absolute Gasteiger partial charge is 0.417 e. The number of pyridine rings is 1. The lowest BCUT2D eigenvalue weighted by atomic mass is 10.0. The van der Waals surface area contributed by atoms with Gasteiger partial charge < -0.3 is 9.67 Å². The Morgan fingerprint density at radius 2 is 1.73 bits per heavy atom. The molecular weight excluding hydrogens is 515 g/mol. The van der Waals surface area contributed by atoms with Crippen LogP contribution in [0.1, 0.15) is 22.3 Å². The maximum Gasteiger partial charge on any atom is 0.417 e. The van der Waals surface area contributed by atoms with Gasteiger partial charge in [-0.05, 0) is 40.3 Å². The molecular formula is C26H15F5N2O3S. The number of rotatable bonds is 6. The van der Waals surface area contributed by atoms with E-state index in [1.54, 1.807) is 29.6 Å². The van der Waals surface area contributed by atoms with Crippen molar-refractivity contribution in [1.82, 2.24) is 4.57 Å². The number of hydrogen-bond acceptors (Lipinski definition) is 4. The molecule has 0 spiro atoms. The molecule has 2 aromatic carbocycles. The lowest BCUT2D eigenvalue weighted by Crippen LogP contribution is -2.28. The van der Waals surface area contributed by atoms with Gasteiger partial charge in [0.1, 0.15) is 23.3 Å².